The average molecular weight is 408 g/mol. The van der Waals surface area contributed by atoms with Crippen molar-refractivity contribution in [1.29, 1.82) is 0 Å². The number of thiophene rings is 1. The summed E-state index contributed by atoms with van der Waals surface area (Å²) in [5.74, 6) is -0.608. The van der Waals surface area contributed by atoms with Gasteiger partial charge < -0.3 is 15.2 Å². The van der Waals surface area contributed by atoms with E-state index in [1.807, 2.05) is 41.8 Å². The van der Waals surface area contributed by atoms with Crippen molar-refractivity contribution < 1.29 is 14.4 Å². The summed E-state index contributed by atoms with van der Waals surface area (Å²) in [6.07, 6.45) is 0.725. The lowest BCUT2D eigenvalue weighted by Gasteiger charge is -2.28. The fourth-order valence-corrected chi connectivity index (χ4v) is 5.02. The first kappa shape index (κ1) is 17.9. The molecule has 7 nitrogen and oxygen atoms in total. The molecule has 1 saturated heterocycles. The third-order valence-electron chi connectivity index (χ3n) is 5.82. The lowest BCUT2D eigenvalue weighted by molar-refractivity contribution is -0.139. The largest absolute Gasteiger partial charge is 0.358 e. The van der Waals surface area contributed by atoms with Crippen molar-refractivity contribution in [2.75, 3.05) is 13.1 Å². The van der Waals surface area contributed by atoms with Gasteiger partial charge >= 0.3 is 6.03 Å². The SMILES string of the molecule is CC1(c2cccs2)NC(=O)N(CC(=O)N2CCc3[nH]c4ccccc4c3C2)C1=O. The molecule has 2 aliphatic rings. The van der Waals surface area contributed by atoms with Gasteiger partial charge in [0.05, 0.1) is 0 Å². The summed E-state index contributed by atoms with van der Waals surface area (Å²) >= 11 is 1.41. The number of urea groups is 1. The van der Waals surface area contributed by atoms with E-state index in [0.29, 0.717) is 13.1 Å². The van der Waals surface area contributed by atoms with Gasteiger partial charge in [-0.2, -0.15) is 0 Å². The number of nitrogens with one attached hydrogen (secondary N) is 2. The molecule has 1 atom stereocenters. The number of imide groups is 1. The van der Waals surface area contributed by atoms with Crippen molar-refractivity contribution in [3.05, 3.63) is 57.9 Å². The number of hydrogen-bond acceptors (Lipinski definition) is 4. The number of aromatic amines is 1. The second-order valence-corrected chi connectivity index (χ2v) is 8.56. The summed E-state index contributed by atoms with van der Waals surface area (Å²) in [7, 11) is 0. The van der Waals surface area contributed by atoms with E-state index in [1.165, 1.54) is 11.3 Å². The second kappa shape index (κ2) is 6.45. The van der Waals surface area contributed by atoms with Crippen LogP contribution in [-0.2, 0) is 28.1 Å². The van der Waals surface area contributed by atoms with Gasteiger partial charge in [0.1, 0.15) is 6.54 Å². The van der Waals surface area contributed by atoms with Gasteiger partial charge in [-0.15, -0.1) is 11.3 Å². The smallest absolute Gasteiger partial charge is 0.325 e. The molecule has 3 aromatic rings. The maximum atomic E-state index is 13.0. The molecule has 4 heterocycles. The van der Waals surface area contributed by atoms with E-state index in [4.69, 9.17) is 0 Å². The van der Waals surface area contributed by atoms with Crippen molar-refractivity contribution in [1.82, 2.24) is 20.1 Å². The first-order valence-corrected chi connectivity index (χ1v) is 10.4. The molecule has 1 fully saturated rings. The summed E-state index contributed by atoms with van der Waals surface area (Å²) in [4.78, 5) is 45.3. The standard InChI is InChI=1S/C21H20N4O3S/c1-21(17-7-4-10-29-17)19(27)25(20(28)23-21)12-18(26)24-9-8-16-14(11-24)13-5-2-3-6-15(13)22-16/h2-7,10,22H,8-9,11-12H2,1H3,(H,23,28). The van der Waals surface area contributed by atoms with Crippen LogP contribution < -0.4 is 5.32 Å². The Balaban J connectivity index is 1.35. The first-order valence-electron chi connectivity index (χ1n) is 9.52. The van der Waals surface area contributed by atoms with E-state index >= 15 is 0 Å². The number of H-pyrrole nitrogens is 1. The summed E-state index contributed by atoms with van der Waals surface area (Å²) in [5, 5.41) is 5.72. The van der Waals surface area contributed by atoms with E-state index in [1.54, 1.807) is 11.8 Å². The van der Waals surface area contributed by atoms with Crippen molar-refractivity contribution in [3.63, 3.8) is 0 Å². The maximum absolute atomic E-state index is 13.0. The van der Waals surface area contributed by atoms with Gasteiger partial charge in [0.25, 0.3) is 5.91 Å². The van der Waals surface area contributed by atoms with Gasteiger partial charge in [0, 0.05) is 46.5 Å². The fraction of sp³-hybridized carbons (Fsp3) is 0.286. The lowest BCUT2D eigenvalue weighted by Crippen LogP contribution is -2.45. The summed E-state index contributed by atoms with van der Waals surface area (Å²) < 4.78 is 0. The Morgan fingerprint density at radius 1 is 1.21 bits per heavy atom. The molecule has 8 heteroatoms. The summed E-state index contributed by atoms with van der Waals surface area (Å²) in [6.45, 7) is 2.47. The topological polar surface area (TPSA) is 85.5 Å². The summed E-state index contributed by atoms with van der Waals surface area (Å²) in [6, 6.07) is 11.2. The van der Waals surface area contributed by atoms with Crippen molar-refractivity contribution in [3.8, 4) is 0 Å². The van der Waals surface area contributed by atoms with Gasteiger partial charge in [-0.1, -0.05) is 24.3 Å². The molecule has 2 aliphatic heterocycles. The molecule has 148 valence electrons. The Labute approximate surface area is 171 Å². The number of aromatic nitrogens is 1. The van der Waals surface area contributed by atoms with Gasteiger partial charge in [0.15, 0.2) is 5.54 Å². The van der Waals surface area contributed by atoms with Crippen LogP contribution in [0, 0.1) is 0 Å². The third kappa shape index (κ3) is 2.74. The molecule has 1 unspecified atom stereocenters. The molecule has 29 heavy (non-hydrogen) atoms. The van der Waals surface area contributed by atoms with Gasteiger partial charge in [-0.25, -0.2) is 4.79 Å². The van der Waals surface area contributed by atoms with Crippen LogP contribution in [0.5, 0.6) is 0 Å². The minimum absolute atomic E-state index is 0.222. The minimum Gasteiger partial charge on any atom is -0.358 e. The zero-order valence-electron chi connectivity index (χ0n) is 15.9. The molecule has 5 rings (SSSR count). The Morgan fingerprint density at radius 3 is 2.83 bits per heavy atom. The van der Waals surface area contributed by atoms with Crippen LogP contribution >= 0.6 is 11.3 Å². The van der Waals surface area contributed by atoms with Crippen molar-refractivity contribution in [2.24, 2.45) is 0 Å². The van der Waals surface area contributed by atoms with E-state index in [-0.39, 0.29) is 18.4 Å². The van der Waals surface area contributed by atoms with Gasteiger partial charge in [0.2, 0.25) is 5.91 Å². The fourth-order valence-electron chi connectivity index (χ4n) is 4.19. The molecule has 0 radical (unpaired) electrons. The molecule has 0 saturated carbocycles. The molecule has 4 amide bonds. The molecule has 1 aromatic carbocycles. The van der Waals surface area contributed by atoms with Crippen LogP contribution in [0.4, 0.5) is 4.79 Å². The Morgan fingerprint density at radius 2 is 2.03 bits per heavy atom. The van der Waals surface area contributed by atoms with E-state index in [9.17, 15) is 14.4 Å². The molecular formula is C21H20N4O3S. The maximum Gasteiger partial charge on any atom is 0.325 e. The molecule has 0 aliphatic carbocycles. The molecule has 0 bridgehead atoms. The predicted molar refractivity (Wildman–Crippen MR) is 109 cm³/mol. The Kier molecular flexibility index (Phi) is 3.99. The van der Waals surface area contributed by atoms with Crippen molar-refractivity contribution in [2.45, 2.75) is 25.4 Å². The van der Waals surface area contributed by atoms with Crippen LogP contribution in [0.15, 0.2) is 41.8 Å². The highest BCUT2D eigenvalue weighted by molar-refractivity contribution is 7.10. The number of para-hydroxylation sites is 1. The monoisotopic (exact) mass is 408 g/mol. The minimum atomic E-state index is -1.11. The van der Waals surface area contributed by atoms with Gasteiger partial charge in [-0.3, -0.25) is 14.5 Å². The number of amides is 4. The molecule has 0 spiro atoms. The van der Waals surface area contributed by atoms with Gasteiger partial charge in [-0.05, 0) is 24.4 Å². The second-order valence-electron chi connectivity index (χ2n) is 7.62. The van der Waals surface area contributed by atoms with Crippen molar-refractivity contribution >= 4 is 40.1 Å². The molecule has 2 N–H and O–H groups in total. The summed E-state index contributed by atoms with van der Waals surface area (Å²) in [5.41, 5.74) is 2.21. The average Bonchev–Trinajstić information content (AvgIpc) is 3.42. The van der Waals surface area contributed by atoms with E-state index < -0.39 is 11.6 Å². The Bertz CT molecular complexity index is 1140. The molecule has 2 aromatic heterocycles. The quantitative estimate of drug-likeness (QED) is 0.653. The van der Waals surface area contributed by atoms with Crippen LogP contribution in [0.25, 0.3) is 10.9 Å². The highest BCUT2D eigenvalue weighted by Gasteiger charge is 2.50. The van der Waals surface area contributed by atoms with Crippen LogP contribution in [0.3, 0.4) is 0 Å². The number of fused-ring (bicyclic) bond motifs is 3. The number of benzene rings is 1. The van der Waals surface area contributed by atoms with Crippen LogP contribution in [0.1, 0.15) is 23.1 Å². The lowest BCUT2D eigenvalue weighted by atomic mass is 10.0. The molecular weight excluding hydrogens is 388 g/mol. The Hall–Kier alpha value is -3.13. The third-order valence-corrected chi connectivity index (χ3v) is 6.91. The zero-order chi connectivity index (χ0) is 20.2. The number of carbonyl (C=O) groups is 3. The van der Waals surface area contributed by atoms with E-state index in [0.717, 1.165) is 38.4 Å². The van der Waals surface area contributed by atoms with Crippen LogP contribution in [-0.4, -0.2) is 45.7 Å². The predicted octanol–water partition coefficient (Wildman–Crippen LogP) is 2.58. The highest BCUT2D eigenvalue weighted by atomic mass is 32.1. The number of carbonyl (C=O) groups excluding carboxylic acids is 3. The van der Waals surface area contributed by atoms with Crippen LogP contribution in [0.2, 0.25) is 0 Å². The number of hydrogen-bond donors (Lipinski definition) is 2. The zero-order valence-corrected chi connectivity index (χ0v) is 16.7. The number of rotatable bonds is 3. The first-order chi connectivity index (χ1) is 14.0. The highest BCUT2D eigenvalue weighted by Crippen LogP contribution is 2.32. The number of nitrogens with zero attached hydrogens (tertiary/aromatic N) is 2. The normalized spacial score (nSPS) is 21.6. The van der Waals surface area contributed by atoms with E-state index in [2.05, 4.69) is 10.3 Å².